The van der Waals surface area contributed by atoms with E-state index in [0.717, 1.165) is 0 Å². The van der Waals surface area contributed by atoms with Crippen LogP contribution in [-0.4, -0.2) is 22.2 Å². The Bertz CT molecular complexity index is 92.7. The van der Waals surface area contributed by atoms with E-state index in [0.29, 0.717) is 0 Å². The van der Waals surface area contributed by atoms with Crippen LogP contribution in [0.2, 0.25) is 0 Å². The van der Waals surface area contributed by atoms with Crippen molar-refractivity contribution >= 4 is 28.0 Å². The first-order valence-corrected chi connectivity index (χ1v) is 5.62. The zero-order chi connectivity index (χ0) is 7.86. The molecular weight excluding hydrogens is 209 g/mol. The van der Waals surface area contributed by atoms with Crippen molar-refractivity contribution in [2.75, 3.05) is 0 Å². The Morgan fingerprint density at radius 1 is 1.11 bits per heavy atom. The van der Waals surface area contributed by atoms with Crippen molar-refractivity contribution in [1.29, 1.82) is 0 Å². The maximum absolute atomic E-state index is 9.10. The third kappa shape index (κ3) is 17.8. The summed E-state index contributed by atoms with van der Waals surface area (Å²) >= 11 is 1.46. The molecule has 0 radical (unpaired) electrons. The van der Waals surface area contributed by atoms with E-state index in [2.05, 4.69) is 16.0 Å². The van der Waals surface area contributed by atoms with Crippen LogP contribution in [0.4, 0.5) is 0 Å². The molecule has 58 valence electrons. The standard InChI is InChI=1S/C2H2O4.Ni.2H2P/c3-1(4)2(5)6;;;/h(H,3,4)(H,5,6);;2*1H2/q;+2;2*-1. The average Bonchev–Trinajstić information content (AvgIpc) is 1.68. The molecule has 2 N–H and O–H groups in total. The van der Waals surface area contributed by atoms with Gasteiger partial charge in [0.25, 0.3) is 0 Å². The Balaban J connectivity index is 0. The maximum atomic E-state index is 9.10. The Morgan fingerprint density at radius 3 is 1.22 bits per heavy atom. The fraction of sp³-hybridized carbons (Fsp3) is 0. The molecule has 2 unspecified atom stereocenters. The fourth-order valence-corrected chi connectivity index (χ4v) is 0. The van der Waals surface area contributed by atoms with Crippen LogP contribution in [-0.2, 0) is 23.2 Å². The van der Waals surface area contributed by atoms with Crippen LogP contribution >= 0.6 is 16.0 Å². The number of aliphatic carboxylic acids is 2. The van der Waals surface area contributed by atoms with Crippen LogP contribution in [0.1, 0.15) is 0 Å². The van der Waals surface area contributed by atoms with E-state index >= 15 is 0 Å². The molecule has 0 aromatic carbocycles. The molecule has 0 spiro atoms. The van der Waals surface area contributed by atoms with Gasteiger partial charge in [-0.25, -0.2) is 9.59 Å². The Kier molecular flexibility index (Phi) is 11.1. The van der Waals surface area contributed by atoms with Crippen molar-refractivity contribution < 1.29 is 33.4 Å². The predicted octanol–water partition coefficient (Wildman–Crippen LogP) is -0.195. The molecule has 0 bridgehead atoms. The molecule has 9 heavy (non-hydrogen) atoms. The topological polar surface area (TPSA) is 74.6 Å². The summed E-state index contributed by atoms with van der Waals surface area (Å²) in [6.45, 7) is 0. The Morgan fingerprint density at radius 2 is 1.22 bits per heavy atom. The molecule has 0 aliphatic heterocycles. The van der Waals surface area contributed by atoms with Gasteiger partial charge in [0.2, 0.25) is 0 Å². The molecule has 7 heteroatoms. The monoisotopic (exact) mass is 214 g/mol. The summed E-state index contributed by atoms with van der Waals surface area (Å²) in [6.07, 6.45) is 0. The van der Waals surface area contributed by atoms with Crippen molar-refractivity contribution in [2.24, 2.45) is 0 Å². The van der Waals surface area contributed by atoms with Gasteiger partial charge in [-0.05, 0) is 0 Å². The van der Waals surface area contributed by atoms with Crippen molar-refractivity contribution in [3.05, 3.63) is 0 Å². The van der Waals surface area contributed by atoms with Crippen molar-refractivity contribution in [2.45, 2.75) is 0 Å². The number of carboxylic acids is 2. The van der Waals surface area contributed by atoms with Crippen LogP contribution in [0.15, 0.2) is 0 Å². The minimum atomic E-state index is -1.82. The molecular formula is C2H6NiO4P2. The molecule has 0 aromatic rings. The number of carbonyl (C=O) groups is 2. The van der Waals surface area contributed by atoms with E-state index in [1.165, 1.54) is 13.6 Å². The molecule has 0 aliphatic carbocycles. The average molecular weight is 215 g/mol. The second-order valence-electron chi connectivity index (χ2n) is 0.716. The number of carboxylic acid groups (broad SMARTS) is 2. The quantitative estimate of drug-likeness (QED) is 0.333. The van der Waals surface area contributed by atoms with Gasteiger partial charge in [-0.1, -0.05) is 0 Å². The van der Waals surface area contributed by atoms with Crippen molar-refractivity contribution in [1.82, 2.24) is 0 Å². The second kappa shape index (κ2) is 8.29. The van der Waals surface area contributed by atoms with Gasteiger partial charge < -0.3 is 10.2 Å². The first kappa shape index (κ1) is 12.0. The molecule has 0 aromatic heterocycles. The van der Waals surface area contributed by atoms with E-state index in [4.69, 9.17) is 19.8 Å². The summed E-state index contributed by atoms with van der Waals surface area (Å²) in [7, 11) is 4.96. The molecule has 0 rings (SSSR count). The predicted molar refractivity (Wildman–Crippen MR) is 34.7 cm³/mol. The summed E-state index contributed by atoms with van der Waals surface area (Å²) < 4.78 is 0. The Hall–Kier alpha value is 0.294. The summed E-state index contributed by atoms with van der Waals surface area (Å²) in [6, 6.07) is 0. The van der Waals surface area contributed by atoms with Gasteiger partial charge in [-0.3, -0.25) is 0 Å². The summed E-state index contributed by atoms with van der Waals surface area (Å²) in [5.74, 6) is -3.65. The van der Waals surface area contributed by atoms with Crippen molar-refractivity contribution in [3.63, 3.8) is 0 Å². The Labute approximate surface area is 61.9 Å². The minimum absolute atomic E-state index is 1.46. The normalized spacial score (nSPS) is 7.33. The summed E-state index contributed by atoms with van der Waals surface area (Å²) in [5, 5.41) is 14.8. The molecule has 0 fully saturated rings. The van der Waals surface area contributed by atoms with Gasteiger partial charge >= 0.3 is 41.5 Å². The van der Waals surface area contributed by atoms with Gasteiger partial charge in [0.05, 0.1) is 0 Å². The van der Waals surface area contributed by atoms with Gasteiger partial charge in [0.15, 0.2) is 0 Å². The SMILES string of the molecule is O=C(O)C(=O)O.[PH2][Ni][PH2]. The molecule has 0 amide bonds. The van der Waals surface area contributed by atoms with Crippen LogP contribution in [0.25, 0.3) is 0 Å². The number of rotatable bonds is 0. The number of hydrogen-bond acceptors (Lipinski definition) is 2. The van der Waals surface area contributed by atoms with Crippen LogP contribution in [0.5, 0.6) is 0 Å². The zero-order valence-corrected chi connectivity index (χ0v) is 7.48. The number of hydrogen-bond donors (Lipinski definition) is 2. The van der Waals surface area contributed by atoms with E-state index < -0.39 is 11.9 Å². The molecule has 0 heterocycles. The van der Waals surface area contributed by atoms with E-state index in [-0.39, 0.29) is 0 Å². The first-order chi connectivity index (χ1) is 4.06. The second-order valence-corrected chi connectivity index (χ2v) is 4.52. The first-order valence-electron chi connectivity index (χ1n) is 1.47. The third-order valence-electron chi connectivity index (χ3n) is 0.183. The van der Waals surface area contributed by atoms with Gasteiger partial charge in [-0.2, -0.15) is 0 Å². The van der Waals surface area contributed by atoms with Crippen molar-refractivity contribution in [3.8, 4) is 0 Å². The fourth-order valence-electron chi connectivity index (χ4n) is 0. The molecule has 4 nitrogen and oxygen atoms in total. The van der Waals surface area contributed by atoms with Crippen LogP contribution in [0, 0.1) is 0 Å². The van der Waals surface area contributed by atoms with Crippen LogP contribution < -0.4 is 0 Å². The summed E-state index contributed by atoms with van der Waals surface area (Å²) in [5.41, 5.74) is 0. The van der Waals surface area contributed by atoms with E-state index in [1.54, 1.807) is 0 Å². The van der Waals surface area contributed by atoms with Gasteiger partial charge in [0, 0.05) is 0 Å². The molecule has 0 saturated heterocycles. The van der Waals surface area contributed by atoms with E-state index in [9.17, 15) is 0 Å². The van der Waals surface area contributed by atoms with Crippen LogP contribution in [0.3, 0.4) is 0 Å². The zero-order valence-electron chi connectivity index (χ0n) is 4.18. The third-order valence-corrected chi connectivity index (χ3v) is 0.183. The summed E-state index contributed by atoms with van der Waals surface area (Å²) in [4.78, 5) is 18.2. The van der Waals surface area contributed by atoms with E-state index in [1.807, 2.05) is 0 Å². The molecule has 0 aliphatic rings. The molecule has 2 atom stereocenters. The van der Waals surface area contributed by atoms with Gasteiger partial charge in [-0.15, -0.1) is 0 Å². The molecule has 0 saturated carbocycles. The van der Waals surface area contributed by atoms with Gasteiger partial charge in [0.1, 0.15) is 0 Å².